The number of benzene rings is 1. The zero-order valence-corrected chi connectivity index (χ0v) is 16.8. The summed E-state index contributed by atoms with van der Waals surface area (Å²) in [5, 5.41) is 10.6. The minimum atomic E-state index is -0.854. The van der Waals surface area contributed by atoms with Gasteiger partial charge in [-0.15, -0.1) is 0 Å². The van der Waals surface area contributed by atoms with Crippen LogP contribution in [0.5, 0.6) is 0 Å². The lowest BCUT2D eigenvalue weighted by Crippen LogP contribution is -2.64. The number of aryl methyl sites for hydroxylation is 1. The van der Waals surface area contributed by atoms with E-state index in [1.807, 2.05) is 13.8 Å². The van der Waals surface area contributed by atoms with E-state index in [9.17, 15) is 5.11 Å². The standard InChI is InChI=1S/C22H37NO3/c1-4-5-6-7-8-9-10-18-11-13-19(14-12-18)15-20(24)22(23)16-25-21(2,3)26-17-22/h11-14,20,24H,4-10,15-17,23H2,1-3H3. The van der Waals surface area contributed by atoms with Crippen molar-refractivity contribution < 1.29 is 14.6 Å². The monoisotopic (exact) mass is 363 g/mol. The Bertz CT molecular complexity index is 517. The molecule has 4 nitrogen and oxygen atoms in total. The van der Waals surface area contributed by atoms with E-state index >= 15 is 0 Å². The van der Waals surface area contributed by atoms with E-state index in [2.05, 4.69) is 31.2 Å². The van der Waals surface area contributed by atoms with Crippen LogP contribution in [0.4, 0.5) is 0 Å². The van der Waals surface area contributed by atoms with Crippen LogP contribution in [0.15, 0.2) is 24.3 Å². The SMILES string of the molecule is CCCCCCCCc1ccc(CC(O)C2(N)COC(C)(C)OC2)cc1. The predicted octanol–water partition coefficient (Wildman–Crippen LogP) is 3.97. The Hall–Kier alpha value is -0.940. The third kappa shape index (κ3) is 6.66. The second kappa shape index (κ2) is 9.84. The van der Waals surface area contributed by atoms with Crippen molar-refractivity contribution in [3.63, 3.8) is 0 Å². The maximum Gasteiger partial charge on any atom is 0.162 e. The fourth-order valence-electron chi connectivity index (χ4n) is 3.27. The lowest BCUT2D eigenvalue weighted by Gasteiger charge is -2.43. The van der Waals surface area contributed by atoms with Crippen LogP contribution in [-0.4, -0.2) is 35.8 Å². The summed E-state index contributed by atoms with van der Waals surface area (Å²) in [4.78, 5) is 0. The maximum atomic E-state index is 10.6. The molecule has 1 aromatic rings. The molecule has 0 aliphatic carbocycles. The topological polar surface area (TPSA) is 64.7 Å². The van der Waals surface area contributed by atoms with Gasteiger partial charge < -0.3 is 20.3 Å². The highest BCUT2D eigenvalue weighted by Gasteiger charge is 2.42. The molecule has 0 saturated carbocycles. The van der Waals surface area contributed by atoms with E-state index < -0.39 is 17.4 Å². The number of hydrogen-bond acceptors (Lipinski definition) is 4. The van der Waals surface area contributed by atoms with Crippen LogP contribution in [0.3, 0.4) is 0 Å². The Morgan fingerprint density at radius 2 is 1.50 bits per heavy atom. The highest BCUT2D eigenvalue weighted by Crippen LogP contribution is 2.25. The summed E-state index contributed by atoms with van der Waals surface area (Å²) in [5.74, 6) is -0.624. The predicted molar refractivity (Wildman–Crippen MR) is 106 cm³/mol. The summed E-state index contributed by atoms with van der Waals surface area (Å²) in [7, 11) is 0. The molecule has 1 atom stereocenters. The number of aliphatic hydroxyl groups excluding tert-OH is 1. The third-order valence-electron chi connectivity index (χ3n) is 5.31. The van der Waals surface area contributed by atoms with Crippen LogP contribution in [0, 0.1) is 0 Å². The lowest BCUT2D eigenvalue weighted by atomic mass is 9.89. The molecule has 0 amide bonds. The number of aliphatic hydroxyl groups is 1. The van der Waals surface area contributed by atoms with Crippen molar-refractivity contribution in [2.24, 2.45) is 5.73 Å². The molecule has 26 heavy (non-hydrogen) atoms. The van der Waals surface area contributed by atoms with Crippen LogP contribution >= 0.6 is 0 Å². The van der Waals surface area contributed by atoms with Gasteiger partial charge in [0.05, 0.1) is 24.9 Å². The largest absolute Gasteiger partial charge is 0.391 e. The van der Waals surface area contributed by atoms with Crippen LogP contribution in [0.25, 0.3) is 0 Å². The molecule has 148 valence electrons. The molecule has 1 heterocycles. The number of unbranched alkanes of at least 4 members (excludes halogenated alkanes) is 5. The van der Waals surface area contributed by atoms with Crippen molar-refractivity contribution in [1.82, 2.24) is 0 Å². The quantitative estimate of drug-likeness (QED) is 0.617. The molecule has 2 rings (SSSR count). The molecule has 0 bridgehead atoms. The van der Waals surface area contributed by atoms with Crippen molar-refractivity contribution in [1.29, 1.82) is 0 Å². The molecular formula is C22H37NO3. The van der Waals surface area contributed by atoms with Crippen molar-refractivity contribution in [2.45, 2.75) is 89.6 Å². The third-order valence-corrected chi connectivity index (χ3v) is 5.31. The van der Waals surface area contributed by atoms with Gasteiger partial charge in [0.2, 0.25) is 0 Å². The number of hydrogen-bond donors (Lipinski definition) is 2. The van der Waals surface area contributed by atoms with Gasteiger partial charge in [0.15, 0.2) is 5.79 Å². The Balaban J connectivity index is 1.76. The van der Waals surface area contributed by atoms with Crippen molar-refractivity contribution in [3.05, 3.63) is 35.4 Å². The first-order valence-electron chi connectivity index (χ1n) is 10.2. The highest BCUT2D eigenvalue weighted by molar-refractivity contribution is 5.24. The summed E-state index contributed by atoms with van der Waals surface area (Å²) in [6.45, 7) is 6.58. The van der Waals surface area contributed by atoms with Gasteiger partial charge >= 0.3 is 0 Å². The van der Waals surface area contributed by atoms with Crippen LogP contribution in [0.1, 0.15) is 70.4 Å². The highest BCUT2D eigenvalue weighted by atomic mass is 16.7. The van der Waals surface area contributed by atoms with Crippen LogP contribution in [0.2, 0.25) is 0 Å². The average molecular weight is 364 g/mol. The summed E-state index contributed by atoms with van der Waals surface area (Å²) in [6.07, 6.45) is 8.88. The number of nitrogens with two attached hydrogens (primary N) is 1. The van der Waals surface area contributed by atoms with Gasteiger partial charge in [-0.05, 0) is 37.8 Å². The van der Waals surface area contributed by atoms with E-state index in [0.29, 0.717) is 19.6 Å². The zero-order valence-electron chi connectivity index (χ0n) is 16.8. The van der Waals surface area contributed by atoms with Gasteiger partial charge in [-0.25, -0.2) is 0 Å². The summed E-state index contributed by atoms with van der Waals surface area (Å²) in [6, 6.07) is 8.56. The van der Waals surface area contributed by atoms with Gasteiger partial charge in [0, 0.05) is 6.42 Å². The summed E-state index contributed by atoms with van der Waals surface area (Å²) < 4.78 is 11.3. The Morgan fingerprint density at radius 3 is 2.12 bits per heavy atom. The van der Waals surface area contributed by atoms with Crippen molar-refractivity contribution >= 4 is 0 Å². The van der Waals surface area contributed by atoms with Crippen molar-refractivity contribution in [2.75, 3.05) is 13.2 Å². The zero-order chi connectivity index (χ0) is 19.0. The Labute approximate surface area is 159 Å². The minimum absolute atomic E-state index is 0.303. The van der Waals surface area contributed by atoms with Gasteiger partial charge in [-0.2, -0.15) is 0 Å². The summed E-state index contributed by atoms with van der Waals surface area (Å²) >= 11 is 0. The lowest BCUT2D eigenvalue weighted by molar-refractivity contribution is -0.276. The van der Waals surface area contributed by atoms with E-state index in [0.717, 1.165) is 12.0 Å². The van der Waals surface area contributed by atoms with Crippen molar-refractivity contribution in [3.8, 4) is 0 Å². The molecule has 0 spiro atoms. The summed E-state index contributed by atoms with van der Waals surface area (Å²) in [5.41, 5.74) is 7.93. The number of ether oxygens (including phenoxy) is 2. The van der Waals surface area contributed by atoms with Crippen LogP contribution in [-0.2, 0) is 22.3 Å². The average Bonchev–Trinajstić information content (AvgIpc) is 2.62. The number of rotatable bonds is 10. The van der Waals surface area contributed by atoms with E-state index in [1.54, 1.807) is 0 Å². The van der Waals surface area contributed by atoms with Gasteiger partial charge in [-0.1, -0.05) is 63.3 Å². The fourth-order valence-corrected chi connectivity index (χ4v) is 3.27. The molecule has 0 aromatic heterocycles. The minimum Gasteiger partial charge on any atom is -0.391 e. The molecule has 1 aliphatic rings. The second-order valence-corrected chi connectivity index (χ2v) is 8.26. The molecule has 1 fully saturated rings. The molecule has 1 saturated heterocycles. The molecule has 1 unspecified atom stereocenters. The van der Waals surface area contributed by atoms with E-state index in [1.165, 1.54) is 44.1 Å². The second-order valence-electron chi connectivity index (χ2n) is 8.26. The molecular weight excluding hydrogens is 326 g/mol. The normalized spacial score (nSPS) is 20.0. The maximum absolute atomic E-state index is 10.6. The smallest absolute Gasteiger partial charge is 0.162 e. The van der Waals surface area contributed by atoms with Crippen LogP contribution < -0.4 is 5.73 Å². The molecule has 1 aromatic carbocycles. The first-order valence-corrected chi connectivity index (χ1v) is 10.2. The molecule has 4 heteroatoms. The van der Waals surface area contributed by atoms with Gasteiger partial charge in [-0.3, -0.25) is 0 Å². The Kier molecular flexibility index (Phi) is 8.08. The van der Waals surface area contributed by atoms with E-state index in [-0.39, 0.29) is 0 Å². The Morgan fingerprint density at radius 1 is 0.962 bits per heavy atom. The molecule has 3 N–H and O–H groups in total. The first kappa shape index (κ1) is 21.4. The fraction of sp³-hybridized carbons (Fsp3) is 0.727. The van der Waals surface area contributed by atoms with E-state index in [4.69, 9.17) is 15.2 Å². The van der Waals surface area contributed by atoms with Gasteiger partial charge in [0.1, 0.15) is 0 Å². The molecule has 0 radical (unpaired) electrons. The van der Waals surface area contributed by atoms with Gasteiger partial charge in [0.25, 0.3) is 0 Å². The first-order chi connectivity index (χ1) is 12.3. The molecule has 1 aliphatic heterocycles.